The van der Waals surface area contributed by atoms with Crippen LogP contribution in [0.5, 0.6) is 0 Å². The van der Waals surface area contributed by atoms with Crippen LogP contribution in [0.4, 0.5) is 17.6 Å². The van der Waals surface area contributed by atoms with E-state index in [-0.39, 0.29) is 12.4 Å². The molecule has 1 N–H and O–H groups in total. The second kappa shape index (κ2) is 8.30. The van der Waals surface area contributed by atoms with Gasteiger partial charge >= 0.3 is 6.18 Å². The van der Waals surface area contributed by atoms with Crippen LogP contribution in [-0.2, 0) is 12.6 Å². The molecule has 9 heteroatoms. The third-order valence-electron chi connectivity index (χ3n) is 6.31. The number of benzene rings is 2. The molecule has 1 aromatic heterocycles. The van der Waals surface area contributed by atoms with Crippen LogP contribution >= 0.6 is 11.9 Å². The minimum absolute atomic E-state index is 0.0376. The smallest absolute Gasteiger partial charge is 0.395 e. The molecule has 2 heterocycles. The summed E-state index contributed by atoms with van der Waals surface area (Å²) in [6.45, 7) is 1.24. The number of piperidine rings is 1. The zero-order valence-corrected chi connectivity index (χ0v) is 18.3. The minimum Gasteiger partial charge on any atom is -0.395 e. The molecule has 4 nitrogen and oxygen atoms in total. The van der Waals surface area contributed by atoms with Gasteiger partial charge in [0, 0.05) is 23.4 Å². The average molecular weight is 476 g/mol. The van der Waals surface area contributed by atoms with Gasteiger partial charge in [0.2, 0.25) is 0 Å². The van der Waals surface area contributed by atoms with Crippen molar-refractivity contribution in [2.75, 3.05) is 19.7 Å². The lowest BCUT2D eigenvalue weighted by Gasteiger charge is -2.45. The first kappa shape index (κ1) is 22.2. The number of alkyl halides is 3. The molecule has 0 spiro atoms. The summed E-state index contributed by atoms with van der Waals surface area (Å²) >= 11 is 1.41. The summed E-state index contributed by atoms with van der Waals surface area (Å²) < 4.78 is 55.7. The molecule has 0 amide bonds. The second-order valence-corrected chi connectivity index (χ2v) is 9.63. The van der Waals surface area contributed by atoms with Crippen LogP contribution in [0.3, 0.4) is 0 Å². The highest BCUT2D eigenvalue weighted by molar-refractivity contribution is 7.97. The fraction of sp³-hybridized carbons (Fsp3) is 0.292. The van der Waals surface area contributed by atoms with E-state index in [1.165, 1.54) is 36.2 Å². The van der Waals surface area contributed by atoms with Gasteiger partial charge in [-0.1, -0.05) is 5.57 Å². The number of halogens is 4. The topological polar surface area (TPSA) is 41.3 Å². The van der Waals surface area contributed by atoms with Gasteiger partial charge in [-0.2, -0.15) is 18.3 Å². The number of hydrogen-bond donors (Lipinski definition) is 1. The lowest BCUT2D eigenvalue weighted by atomic mass is 9.69. The predicted molar refractivity (Wildman–Crippen MR) is 118 cm³/mol. The first-order valence-corrected chi connectivity index (χ1v) is 11.3. The molecule has 1 atom stereocenters. The standard InChI is InChI=1S/C24H21F4N3OS/c25-19-3-5-20(6-4-19)31-22-11-18-9-10-30(14-23(18,15-32)12-16(22)13-29-31)33-21-7-1-17(2-8-21)24(26,27)28/h1-8,11,13,32H,9-10,12,14-15H2. The number of aliphatic hydroxyl groups is 1. The normalized spacial score (nSPS) is 20.8. The highest BCUT2D eigenvalue weighted by Crippen LogP contribution is 2.46. The van der Waals surface area contributed by atoms with Gasteiger partial charge in [-0.15, -0.1) is 0 Å². The number of aromatic nitrogens is 2. The third-order valence-corrected chi connectivity index (χ3v) is 7.36. The SMILES string of the molecule is OCC12Cc3cnn(-c4ccc(F)cc4)c3C=C1CCN(Sc1ccc(C(F)(F)F)cc1)C2. The Labute approximate surface area is 192 Å². The summed E-state index contributed by atoms with van der Waals surface area (Å²) in [4.78, 5) is 0.726. The molecule has 1 unspecified atom stereocenters. The summed E-state index contributed by atoms with van der Waals surface area (Å²) in [7, 11) is 0. The van der Waals surface area contributed by atoms with Crippen molar-refractivity contribution in [2.24, 2.45) is 5.41 Å². The Kier molecular flexibility index (Phi) is 5.58. The lowest BCUT2D eigenvalue weighted by Crippen LogP contribution is -2.46. The van der Waals surface area contributed by atoms with E-state index in [1.54, 1.807) is 23.0 Å². The second-order valence-electron chi connectivity index (χ2n) is 8.46. The quantitative estimate of drug-likeness (QED) is 0.407. The van der Waals surface area contributed by atoms with Gasteiger partial charge in [0.15, 0.2) is 0 Å². The van der Waals surface area contributed by atoms with E-state index < -0.39 is 17.2 Å². The summed E-state index contributed by atoms with van der Waals surface area (Å²) in [5.41, 5.74) is 2.69. The molecule has 1 saturated heterocycles. The molecule has 2 aromatic carbocycles. The van der Waals surface area contributed by atoms with Crippen molar-refractivity contribution in [1.82, 2.24) is 14.1 Å². The molecule has 0 saturated carbocycles. The van der Waals surface area contributed by atoms with Crippen LogP contribution < -0.4 is 0 Å². The van der Waals surface area contributed by atoms with Crippen LogP contribution in [0.1, 0.15) is 23.2 Å². The summed E-state index contributed by atoms with van der Waals surface area (Å²) in [5.74, 6) is -0.310. The monoisotopic (exact) mass is 475 g/mol. The lowest BCUT2D eigenvalue weighted by molar-refractivity contribution is -0.137. The molecule has 0 radical (unpaired) electrons. The summed E-state index contributed by atoms with van der Waals surface area (Å²) in [6.07, 6.45) is 0.835. The molecule has 3 aromatic rings. The number of nitrogens with zero attached hydrogens (tertiary/aromatic N) is 3. The molecule has 33 heavy (non-hydrogen) atoms. The molecular weight excluding hydrogens is 454 g/mol. The van der Waals surface area contributed by atoms with E-state index in [0.717, 1.165) is 46.0 Å². The summed E-state index contributed by atoms with van der Waals surface area (Å²) in [6, 6.07) is 11.3. The van der Waals surface area contributed by atoms with Crippen LogP contribution in [0, 0.1) is 11.2 Å². The van der Waals surface area contributed by atoms with Gasteiger partial charge in [0.25, 0.3) is 0 Å². The van der Waals surface area contributed by atoms with E-state index in [2.05, 4.69) is 15.5 Å². The van der Waals surface area contributed by atoms with Crippen LogP contribution in [0.25, 0.3) is 11.8 Å². The van der Waals surface area contributed by atoms with E-state index in [9.17, 15) is 22.7 Å². The van der Waals surface area contributed by atoms with Crippen LogP contribution in [0.15, 0.2) is 65.2 Å². The van der Waals surface area contributed by atoms with Crippen LogP contribution in [0.2, 0.25) is 0 Å². The van der Waals surface area contributed by atoms with Crippen molar-refractivity contribution in [1.29, 1.82) is 0 Å². The maximum Gasteiger partial charge on any atom is 0.416 e. The van der Waals surface area contributed by atoms with Gasteiger partial charge in [-0.3, -0.25) is 0 Å². The molecule has 2 aliphatic rings. The number of rotatable bonds is 4. The minimum atomic E-state index is -4.35. The molecule has 172 valence electrons. The fourth-order valence-corrected chi connectivity index (χ4v) is 5.61. The third kappa shape index (κ3) is 4.20. The van der Waals surface area contributed by atoms with Gasteiger partial charge in [0.05, 0.1) is 29.7 Å². The zero-order valence-electron chi connectivity index (χ0n) is 17.5. The number of hydrogen-bond acceptors (Lipinski definition) is 4. The van der Waals surface area contributed by atoms with E-state index in [0.29, 0.717) is 19.5 Å². The van der Waals surface area contributed by atoms with Crippen molar-refractivity contribution in [3.8, 4) is 5.69 Å². The van der Waals surface area contributed by atoms with Crippen molar-refractivity contribution in [3.05, 3.63) is 82.9 Å². The molecule has 5 rings (SSSR count). The Hall–Kier alpha value is -2.62. The molecular formula is C24H21F4N3OS. The zero-order chi connectivity index (χ0) is 23.2. The first-order valence-electron chi connectivity index (χ1n) is 10.5. The molecule has 1 aliphatic heterocycles. The Morgan fingerprint density at radius 2 is 1.79 bits per heavy atom. The molecule has 1 aliphatic carbocycles. The van der Waals surface area contributed by atoms with Crippen LogP contribution in [-0.4, -0.2) is 38.9 Å². The predicted octanol–water partition coefficient (Wildman–Crippen LogP) is 5.36. The van der Waals surface area contributed by atoms with Crippen molar-refractivity contribution < 1.29 is 22.7 Å². The van der Waals surface area contributed by atoms with Gasteiger partial charge in [-0.05, 0) is 85.0 Å². The first-order chi connectivity index (χ1) is 15.8. The van der Waals surface area contributed by atoms with E-state index in [1.807, 2.05) is 0 Å². The number of fused-ring (bicyclic) bond motifs is 2. The number of aliphatic hydroxyl groups excluding tert-OH is 1. The molecule has 1 fully saturated rings. The Balaban J connectivity index is 1.37. The van der Waals surface area contributed by atoms with Gasteiger partial charge < -0.3 is 5.11 Å². The Bertz CT molecular complexity index is 1190. The fourth-order valence-electron chi connectivity index (χ4n) is 4.56. The summed E-state index contributed by atoms with van der Waals surface area (Å²) in [5, 5.41) is 14.9. The van der Waals surface area contributed by atoms with Gasteiger partial charge in [0.1, 0.15) is 5.82 Å². The average Bonchev–Trinajstić information content (AvgIpc) is 3.20. The highest BCUT2D eigenvalue weighted by atomic mass is 32.2. The largest absolute Gasteiger partial charge is 0.416 e. The van der Waals surface area contributed by atoms with E-state index in [4.69, 9.17) is 0 Å². The maximum atomic E-state index is 13.3. The van der Waals surface area contributed by atoms with E-state index >= 15 is 0 Å². The van der Waals surface area contributed by atoms with Crippen molar-refractivity contribution in [3.63, 3.8) is 0 Å². The Morgan fingerprint density at radius 3 is 2.45 bits per heavy atom. The van der Waals surface area contributed by atoms with Crippen molar-refractivity contribution in [2.45, 2.75) is 23.9 Å². The highest BCUT2D eigenvalue weighted by Gasteiger charge is 2.43. The van der Waals surface area contributed by atoms with Crippen molar-refractivity contribution >= 4 is 18.0 Å². The Morgan fingerprint density at radius 1 is 1.06 bits per heavy atom. The maximum absolute atomic E-state index is 13.3. The van der Waals surface area contributed by atoms with Gasteiger partial charge in [-0.25, -0.2) is 13.4 Å². The molecule has 0 bridgehead atoms.